The lowest BCUT2D eigenvalue weighted by Gasteiger charge is -2.26. The first kappa shape index (κ1) is 12.8. The standard InChI is InChI=1S/C9H20N2OS/c1-5-8(10)9(12)11(3)7(2)6-13-4/h7-8H,5-6,10H2,1-4H3/t7?,8-/m0/s1. The summed E-state index contributed by atoms with van der Waals surface area (Å²) in [5, 5.41) is 0. The molecular formula is C9H20N2OS. The molecule has 4 heteroatoms. The largest absolute Gasteiger partial charge is 0.341 e. The molecule has 0 aromatic carbocycles. The van der Waals surface area contributed by atoms with Crippen LogP contribution in [-0.2, 0) is 4.79 Å². The number of likely N-dealkylation sites (N-methyl/N-ethyl adjacent to an activating group) is 1. The van der Waals surface area contributed by atoms with Gasteiger partial charge in [0.1, 0.15) is 0 Å². The maximum absolute atomic E-state index is 11.6. The van der Waals surface area contributed by atoms with E-state index in [1.54, 1.807) is 16.7 Å². The van der Waals surface area contributed by atoms with E-state index in [0.29, 0.717) is 6.42 Å². The number of amides is 1. The Morgan fingerprint density at radius 2 is 2.15 bits per heavy atom. The number of carbonyl (C=O) groups is 1. The summed E-state index contributed by atoms with van der Waals surface area (Å²) >= 11 is 1.74. The van der Waals surface area contributed by atoms with Crippen LogP contribution in [-0.4, -0.2) is 41.9 Å². The second-order valence-corrected chi connectivity index (χ2v) is 4.18. The molecular weight excluding hydrogens is 184 g/mol. The van der Waals surface area contributed by atoms with E-state index in [-0.39, 0.29) is 18.0 Å². The molecule has 2 atom stereocenters. The molecule has 0 bridgehead atoms. The number of carbonyl (C=O) groups excluding carboxylic acids is 1. The molecule has 13 heavy (non-hydrogen) atoms. The van der Waals surface area contributed by atoms with Crippen LogP contribution in [0.3, 0.4) is 0 Å². The van der Waals surface area contributed by atoms with Gasteiger partial charge in [0.05, 0.1) is 6.04 Å². The minimum absolute atomic E-state index is 0.0454. The van der Waals surface area contributed by atoms with Gasteiger partial charge in [0.2, 0.25) is 5.91 Å². The highest BCUT2D eigenvalue weighted by Crippen LogP contribution is 2.05. The molecule has 0 saturated carbocycles. The van der Waals surface area contributed by atoms with Crippen molar-refractivity contribution in [2.45, 2.75) is 32.4 Å². The minimum Gasteiger partial charge on any atom is -0.341 e. The Bertz CT molecular complexity index is 164. The predicted molar refractivity (Wildman–Crippen MR) is 58.9 cm³/mol. The molecule has 1 amide bonds. The van der Waals surface area contributed by atoms with Crippen molar-refractivity contribution in [3.05, 3.63) is 0 Å². The van der Waals surface area contributed by atoms with E-state index in [0.717, 1.165) is 5.75 Å². The third kappa shape index (κ3) is 4.00. The van der Waals surface area contributed by atoms with Gasteiger partial charge in [-0.25, -0.2) is 0 Å². The number of nitrogens with two attached hydrogens (primary N) is 1. The zero-order valence-corrected chi connectivity index (χ0v) is 9.73. The van der Waals surface area contributed by atoms with E-state index in [1.165, 1.54) is 0 Å². The van der Waals surface area contributed by atoms with Crippen LogP contribution in [0.2, 0.25) is 0 Å². The number of hydrogen-bond donors (Lipinski definition) is 1. The van der Waals surface area contributed by atoms with Crippen molar-refractivity contribution in [2.24, 2.45) is 5.73 Å². The fourth-order valence-corrected chi connectivity index (χ4v) is 1.71. The quantitative estimate of drug-likeness (QED) is 0.725. The molecule has 78 valence electrons. The van der Waals surface area contributed by atoms with E-state index in [9.17, 15) is 4.79 Å². The van der Waals surface area contributed by atoms with Crippen molar-refractivity contribution < 1.29 is 4.79 Å². The smallest absolute Gasteiger partial charge is 0.239 e. The molecule has 0 rings (SSSR count). The summed E-state index contributed by atoms with van der Waals surface area (Å²) in [7, 11) is 1.82. The average molecular weight is 204 g/mol. The Morgan fingerprint density at radius 3 is 2.54 bits per heavy atom. The first-order valence-electron chi connectivity index (χ1n) is 4.55. The lowest BCUT2D eigenvalue weighted by molar-refractivity contribution is -0.132. The molecule has 2 N–H and O–H groups in total. The second kappa shape index (κ2) is 6.27. The molecule has 0 radical (unpaired) electrons. The Hall–Kier alpha value is -0.220. The summed E-state index contributed by atoms with van der Waals surface area (Å²) < 4.78 is 0. The third-order valence-electron chi connectivity index (χ3n) is 2.17. The Labute approximate surface area is 85.0 Å². The van der Waals surface area contributed by atoms with Crippen LogP contribution in [0.25, 0.3) is 0 Å². The Morgan fingerprint density at radius 1 is 1.62 bits per heavy atom. The Balaban J connectivity index is 4.08. The van der Waals surface area contributed by atoms with E-state index in [2.05, 4.69) is 0 Å². The molecule has 0 spiro atoms. The minimum atomic E-state index is -0.339. The fourth-order valence-electron chi connectivity index (χ4n) is 1.01. The normalized spacial score (nSPS) is 15.2. The summed E-state index contributed by atoms with van der Waals surface area (Å²) in [4.78, 5) is 13.3. The van der Waals surface area contributed by atoms with Crippen LogP contribution in [0.4, 0.5) is 0 Å². The van der Waals surface area contributed by atoms with Crippen molar-refractivity contribution in [3.8, 4) is 0 Å². The van der Waals surface area contributed by atoms with Gasteiger partial charge in [0.15, 0.2) is 0 Å². The van der Waals surface area contributed by atoms with Gasteiger partial charge in [-0.3, -0.25) is 4.79 Å². The van der Waals surface area contributed by atoms with Gasteiger partial charge in [-0.1, -0.05) is 6.92 Å². The van der Waals surface area contributed by atoms with Crippen LogP contribution < -0.4 is 5.73 Å². The Kier molecular flexibility index (Phi) is 6.16. The van der Waals surface area contributed by atoms with Gasteiger partial charge >= 0.3 is 0 Å². The van der Waals surface area contributed by atoms with Crippen LogP contribution >= 0.6 is 11.8 Å². The molecule has 0 aromatic heterocycles. The summed E-state index contributed by atoms with van der Waals surface area (Å²) in [5.41, 5.74) is 5.65. The number of hydrogen-bond acceptors (Lipinski definition) is 3. The first-order chi connectivity index (χ1) is 6.04. The molecule has 0 aromatic rings. The highest BCUT2D eigenvalue weighted by Gasteiger charge is 2.19. The van der Waals surface area contributed by atoms with E-state index in [1.807, 2.05) is 27.2 Å². The highest BCUT2D eigenvalue weighted by molar-refractivity contribution is 7.98. The van der Waals surface area contributed by atoms with Crippen molar-refractivity contribution >= 4 is 17.7 Å². The van der Waals surface area contributed by atoms with Crippen LogP contribution in [0.1, 0.15) is 20.3 Å². The predicted octanol–water partition coefficient (Wildman–Crippen LogP) is 0.934. The average Bonchev–Trinajstić information content (AvgIpc) is 2.14. The molecule has 3 nitrogen and oxygen atoms in total. The van der Waals surface area contributed by atoms with E-state index >= 15 is 0 Å². The number of nitrogens with zero attached hydrogens (tertiary/aromatic N) is 1. The van der Waals surface area contributed by atoms with Gasteiger partial charge < -0.3 is 10.6 Å². The SMILES string of the molecule is CC[C@H](N)C(=O)N(C)C(C)CSC. The summed E-state index contributed by atoms with van der Waals surface area (Å²) in [5.74, 6) is 1.00. The maximum Gasteiger partial charge on any atom is 0.239 e. The number of rotatable bonds is 5. The van der Waals surface area contributed by atoms with E-state index in [4.69, 9.17) is 5.73 Å². The van der Waals surface area contributed by atoms with Crippen molar-refractivity contribution in [1.82, 2.24) is 4.90 Å². The second-order valence-electron chi connectivity index (χ2n) is 3.27. The molecule has 0 aliphatic rings. The monoisotopic (exact) mass is 204 g/mol. The van der Waals surface area contributed by atoms with Crippen molar-refractivity contribution in [1.29, 1.82) is 0 Å². The lowest BCUT2D eigenvalue weighted by atomic mass is 10.2. The summed E-state index contributed by atoms with van der Waals surface area (Å²) in [6.07, 6.45) is 2.74. The lowest BCUT2D eigenvalue weighted by Crippen LogP contribution is -2.46. The van der Waals surface area contributed by atoms with Crippen molar-refractivity contribution in [2.75, 3.05) is 19.1 Å². The molecule has 0 aliphatic heterocycles. The maximum atomic E-state index is 11.6. The van der Waals surface area contributed by atoms with Gasteiger partial charge in [-0.15, -0.1) is 0 Å². The van der Waals surface area contributed by atoms with Crippen LogP contribution in [0, 0.1) is 0 Å². The molecule has 0 fully saturated rings. The zero-order valence-electron chi connectivity index (χ0n) is 8.91. The summed E-state index contributed by atoms with van der Waals surface area (Å²) in [6.45, 7) is 3.96. The molecule has 0 saturated heterocycles. The fraction of sp³-hybridized carbons (Fsp3) is 0.889. The van der Waals surface area contributed by atoms with Gasteiger partial charge in [-0.2, -0.15) is 11.8 Å². The van der Waals surface area contributed by atoms with Gasteiger partial charge in [0.25, 0.3) is 0 Å². The highest BCUT2D eigenvalue weighted by atomic mass is 32.2. The summed E-state index contributed by atoms with van der Waals surface area (Å²) in [6, 6.07) is -0.0746. The van der Waals surface area contributed by atoms with Crippen LogP contribution in [0.15, 0.2) is 0 Å². The zero-order chi connectivity index (χ0) is 10.4. The first-order valence-corrected chi connectivity index (χ1v) is 5.95. The molecule has 0 heterocycles. The topological polar surface area (TPSA) is 46.3 Å². The van der Waals surface area contributed by atoms with Gasteiger partial charge in [-0.05, 0) is 19.6 Å². The number of thioether (sulfide) groups is 1. The van der Waals surface area contributed by atoms with E-state index < -0.39 is 0 Å². The molecule has 1 unspecified atom stereocenters. The van der Waals surface area contributed by atoms with Crippen LogP contribution in [0.5, 0.6) is 0 Å². The molecule has 0 aliphatic carbocycles. The van der Waals surface area contributed by atoms with Crippen molar-refractivity contribution in [3.63, 3.8) is 0 Å². The third-order valence-corrected chi connectivity index (χ3v) is 2.99. The van der Waals surface area contributed by atoms with Gasteiger partial charge in [0, 0.05) is 18.8 Å².